The molecule has 0 N–H and O–H groups in total. The molecular formula is C10H9NS2. The molecule has 0 unspecified atom stereocenters. The Morgan fingerprint density at radius 2 is 2.00 bits per heavy atom. The molecule has 0 saturated heterocycles. The van der Waals surface area contributed by atoms with Crippen LogP contribution >= 0.6 is 24.0 Å². The van der Waals surface area contributed by atoms with E-state index in [1.54, 1.807) is 11.3 Å². The Bertz CT molecular complexity index is 381. The Morgan fingerprint density at radius 1 is 1.23 bits per heavy atom. The minimum Gasteiger partial charge on any atom is -0.244 e. The molecule has 0 spiro atoms. The molecule has 0 amide bonds. The van der Waals surface area contributed by atoms with Crippen molar-refractivity contribution in [2.45, 2.75) is 5.75 Å². The highest BCUT2D eigenvalue weighted by Gasteiger charge is 2.01. The zero-order valence-corrected chi connectivity index (χ0v) is 8.68. The van der Waals surface area contributed by atoms with Crippen LogP contribution in [0.15, 0.2) is 36.5 Å². The van der Waals surface area contributed by atoms with Gasteiger partial charge in [0.1, 0.15) is 5.01 Å². The number of thiazole rings is 1. The van der Waals surface area contributed by atoms with Crippen LogP contribution in [0.2, 0.25) is 0 Å². The summed E-state index contributed by atoms with van der Waals surface area (Å²) in [6.45, 7) is 0. The molecule has 1 heterocycles. The zero-order chi connectivity index (χ0) is 9.10. The van der Waals surface area contributed by atoms with Crippen LogP contribution in [-0.2, 0) is 5.75 Å². The fourth-order valence-corrected chi connectivity index (χ4v) is 2.15. The van der Waals surface area contributed by atoms with Gasteiger partial charge in [-0.25, -0.2) is 4.98 Å². The molecule has 1 nitrogen and oxygen atoms in total. The average Bonchev–Trinajstić information content (AvgIpc) is 2.67. The molecule has 1 aromatic heterocycles. The van der Waals surface area contributed by atoms with Crippen LogP contribution in [0.25, 0.3) is 10.6 Å². The molecule has 3 heteroatoms. The maximum Gasteiger partial charge on any atom is 0.123 e. The summed E-state index contributed by atoms with van der Waals surface area (Å²) in [5.74, 6) is 0.768. The summed E-state index contributed by atoms with van der Waals surface area (Å²) in [6.07, 6.45) is 1.89. The van der Waals surface area contributed by atoms with E-state index in [-0.39, 0.29) is 0 Å². The summed E-state index contributed by atoms with van der Waals surface area (Å²) in [7, 11) is 0. The van der Waals surface area contributed by atoms with Crippen LogP contribution in [-0.4, -0.2) is 4.98 Å². The molecule has 2 aromatic rings. The monoisotopic (exact) mass is 207 g/mol. The molecule has 0 aliphatic rings. The molecular weight excluding hydrogens is 198 g/mol. The van der Waals surface area contributed by atoms with Crippen LogP contribution in [0.5, 0.6) is 0 Å². The summed E-state index contributed by atoms with van der Waals surface area (Å²) in [6, 6.07) is 10.2. The third kappa shape index (κ3) is 1.92. The predicted molar refractivity (Wildman–Crippen MR) is 60.2 cm³/mol. The third-order valence-corrected chi connectivity index (χ3v) is 3.33. The Kier molecular flexibility index (Phi) is 2.66. The van der Waals surface area contributed by atoms with E-state index in [0.717, 1.165) is 10.8 Å². The van der Waals surface area contributed by atoms with Gasteiger partial charge in [0.15, 0.2) is 0 Å². The zero-order valence-electron chi connectivity index (χ0n) is 6.97. The van der Waals surface area contributed by atoms with Crippen molar-refractivity contribution in [1.29, 1.82) is 0 Å². The maximum atomic E-state index is 4.33. The van der Waals surface area contributed by atoms with Gasteiger partial charge in [-0.05, 0) is 0 Å². The number of hydrogen-bond donors (Lipinski definition) is 1. The normalized spacial score (nSPS) is 10.2. The molecule has 0 saturated carbocycles. The largest absolute Gasteiger partial charge is 0.244 e. The molecule has 0 atom stereocenters. The number of benzene rings is 1. The van der Waals surface area contributed by atoms with E-state index in [1.807, 2.05) is 24.4 Å². The summed E-state index contributed by atoms with van der Waals surface area (Å²) in [5, 5.41) is 1.07. The van der Waals surface area contributed by atoms with Crippen molar-refractivity contribution in [1.82, 2.24) is 4.98 Å². The topological polar surface area (TPSA) is 12.9 Å². The van der Waals surface area contributed by atoms with Gasteiger partial charge in [-0.3, -0.25) is 0 Å². The van der Waals surface area contributed by atoms with Gasteiger partial charge in [-0.15, -0.1) is 11.3 Å². The van der Waals surface area contributed by atoms with E-state index in [1.165, 1.54) is 10.4 Å². The Morgan fingerprint density at radius 3 is 2.62 bits per heavy atom. The molecule has 0 aliphatic heterocycles. The summed E-state index contributed by atoms with van der Waals surface area (Å²) < 4.78 is 0. The molecule has 2 rings (SSSR count). The van der Waals surface area contributed by atoms with E-state index >= 15 is 0 Å². The maximum absolute atomic E-state index is 4.33. The standard InChI is InChI=1S/C10H9NS2/c12-7-9-6-11-10(13-9)8-4-2-1-3-5-8/h1-6,12H,7H2. The fourth-order valence-electron chi connectivity index (χ4n) is 1.09. The van der Waals surface area contributed by atoms with Crippen LogP contribution in [0, 0.1) is 0 Å². The molecule has 66 valence electrons. The third-order valence-electron chi connectivity index (χ3n) is 1.73. The summed E-state index contributed by atoms with van der Waals surface area (Å²) in [4.78, 5) is 5.54. The minimum absolute atomic E-state index is 0.768. The van der Waals surface area contributed by atoms with Gasteiger partial charge in [0.2, 0.25) is 0 Å². The van der Waals surface area contributed by atoms with Crippen LogP contribution in [0.1, 0.15) is 4.88 Å². The van der Waals surface area contributed by atoms with Gasteiger partial charge in [-0.2, -0.15) is 12.6 Å². The lowest BCUT2D eigenvalue weighted by Gasteiger charge is -1.92. The van der Waals surface area contributed by atoms with E-state index in [0.29, 0.717) is 0 Å². The highest BCUT2D eigenvalue weighted by Crippen LogP contribution is 2.25. The Hall–Kier alpha value is -0.800. The van der Waals surface area contributed by atoms with E-state index in [9.17, 15) is 0 Å². The first-order valence-corrected chi connectivity index (χ1v) is 5.46. The number of aromatic nitrogens is 1. The fraction of sp³-hybridized carbons (Fsp3) is 0.100. The van der Waals surface area contributed by atoms with E-state index in [2.05, 4.69) is 29.7 Å². The van der Waals surface area contributed by atoms with E-state index < -0.39 is 0 Å². The van der Waals surface area contributed by atoms with E-state index in [4.69, 9.17) is 0 Å². The molecule has 0 radical (unpaired) electrons. The first-order chi connectivity index (χ1) is 6.40. The summed E-state index contributed by atoms with van der Waals surface area (Å²) >= 11 is 5.90. The average molecular weight is 207 g/mol. The minimum atomic E-state index is 0.768. The quantitative estimate of drug-likeness (QED) is 0.746. The second-order valence-electron chi connectivity index (χ2n) is 2.66. The second kappa shape index (κ2) is 3.94. The predicted octanol–water partition coefficient (Wildman–Crippen LogP) is 3.24. The lowest BCUT2D eigenvalue weighted by atomic mass is 10.2. The number of rotatable bonds is 2. The molecule has 13 heavy (non-hydrogen) atoms. The molecule has 0 fully saturated rings. The lowest BCUT2D eigenvalue weighted by molar-refractivity contribution is 1.37. The van der Waals surface area contributed by atoms with Gasteiger partial charge in [0.25, 0.3) is 0 Å². The first kappa shape index (κ1) is 8.78. The number of hydrogen-bond acceptors (Lipinski definition) is 3. The van der Waals surface area contributed by atoms with Gasteiger partial charge in [-0.1, -0.05) is 30.3 Å². The lowest BCUT2D eigenvalue weighted by Crippen LogP contribution is -1.71. The SMILES string of the molecule is SCc1cnc(-c2ccccc2)s1. The van der Waals surface area contributed by atoms with Crippen LogP contribution in [0.3, 0.4) is 0 Å². The van der Waals surface area contributed by atoms with Crippen LogP contribution in [0.4, 0.5) is 0 Å². The van der Waals surface area contributed by atoms with Crippen molar-refractivity contribution in [2.75, 3.05) is 0 Å². The summed E-state index contributed by atoms with van der Waals surface area (Å²) in [5.41, 5.74) is 1.18. The van der Waals surface area contributed by atoms with Gasteiger partial charge in [0.05, 0.1) is 0 Å². The smallest absolute Gasteiger partial charge is 0.123 e. The highest BCUT2D eigenvalue weighted by atomic mass is 32.1. The van der Waals surface area contributed by atoms with Gasteiger partial charge in [0, 0.05) is 22.4 Å². The first-order valence-electron chi connectivity index (χ1n) is 4.01. The molecule has 1 aromatic carbocycles. The highest BCUT2D eigenvalue weighted by molar-refractivity contribution is 7.79. The molecule has 0 aliphatic carbocycles. The molecule has 0 bridgehead atoms. The number of thiol groups is 1. The Labute approximate surface area is 86.9 Å². The Balaban J connectivity index is 2.36. The van der Waals surface area contributed by atoms with Crippen molar-refractivity contribution in [3.05, 3.63) is 41.4 Å². The number of nitrogens with zero attached hydrogens (tertiary/aromatic N) is 1. The van der Waals surface area contributed by atoms with Crippen molar-refractivity contribution >= 4 is 24.0 Å². The van der Waals surface area contributed by atoms with Crippen molar-refractivity contribution in [2.24, 2.45) is 0 Å². The van der Waals surface area contributed by atoms with Crippen molar-refractivity contribution < 1.29 is 0 Å². The second-order valence-corrected chi connectivity index (χ2v) is 4.09. The van der Waals surface area contributed by atoms with Crippen molar-refractivity contribution in [3.63, 3.8) is 0 Å². The van der Waals surface area contributed by atoms with Gasteiger partial charge < -0.3 is 0 Å². The van der Waals surface area contributed by atoms with Crippen LogP contribution < -0.4 is 0 Å². The van der Waals surface area contributed by atoms with Crippen molar-refractivity contribution in [3.8, 4) is 10.6 Å². The van der Waals surface area contributed by atoms with Gasteiger partial charge >= 0.3 is 0 Å².